The van der Waals surface area contributed by atoms with Crippen molar-refractivity contribution in [2.45, 2.75) is 6.92 Å². The van der Waals surface area contributed by atoms with Gasteiger partial charge in [-0.05, 0) is 55.5 Å². The van der Waals surface area contributed by atoms with Gasteiger partial charge < -0.3 is 11.1 Å². The van der Waals surface area contributed by atoms with E-state index in [-0.39, 0.29) is 5.91 Å². The molecule has 1 aromatic heterocycles. The highest BCUT2D eigenvalue weighted by Gasteiger charge is 2.08. The van der Waals surface area contributed by atoms with Gasteiger partial charge in [0.2, 0.25) is 5.91 Å². The van der Waals surface area contributed by atoms with E-state index in [0.717, 1.165) is 16.6 Å². The SMILES string of the molecule is Cc1ccc2cc(C(=O)Nc3ccc(C(N)=O)cc3)ccc2n1. The molecular formula is C18H15N3O2. The monoisotopic (exact) mass is 305 g/mol. The number of carbonyl (C=O) groups excluding carboxylic acids is 2. The van der Waals surface area contributed by atoms with Gasteiger partial charge in [0.25, 0.3) is 5.91 Å². The predicted octanol–water partition coefficient (Wildman–Crippen LogP) is 2.89. The maximum Gasteiger partial charge on any atom is 0.255 e. The third kappa shape index (κ3) is 3.18. The van der Waals surface area contributed by atoms with Crippen molar-refractivity contribution >= 4 is 28.4 Å². The van der Waals surface area contributed by atoms with E-state index in [1.165, 1.54) is 0 Å². The zero-order valence-electron chi connectivity index (χ0n) is 12.5. The molecule has 1 heterocycles. The molecule has 0 fully saturated rings. The summed E-state index contributed by atoms with van der Waals surface area (Å²) in [4.78, 5) is 27.8. The molecule has 0 unspecified atom stereocenters. The van der Waals surface area contributed by atoms with Gasteiger partial charge in [0.05, 0.1) is 5.52 Å². The van der Waals surface area contributed by atoms with Crippen LogP contribution in [0.5, 0.6) is 0 Å². The van der Waals surface area contributed by atoms with E-state index in [1.807, 2.05) is 25.1 Å². The quantitative estimate of drug-likeness (QED) is 0.780. The number of benzene rings is 2. The number of aryl methyl sites for hydroxylation is 1. The number of pyridine rings is 1. The number of primary amides is 1. The molecule has 5 heteroatoms. The number of hydrogen-bond donors (Lipinski definition) is 2. The van der Waals surface area contributed by atoms with Crippen molar-refractivity contribution in [3.63, 3.8) is 0 Å². The number of nitrogens with two attached hydrogens (primary N) is 1. The summed E-state index contributed by atoms with van der Waals surface area (Å²) >= 11 is 0. The molecule has 0 aliphatic carbocycles. The lowest BCUT2D eigenvalue weighted by atomic mass is 10.1. The first-order valence-corrected chi connectivity index (χ1v) is 7.11. The van der Waals surface area contributed by atoms with Gasteiger partial charge in [-0.1, -0.05) is 6.07 Å². The van der Waals surface area contributed by atoms with Gasteiger partial charge in [0.1, 0.15) is 0 Å². The van der Waals surface area contributed by atoms with Gasteiger partial charge in [0.15, 0.2) is 0 Å². The van der Waals surface area contributed by atoms with Gasteiger partial charge in [-0.15, -0.1) is 0 Å². The highest BCUT2D eigenvalue weighted by molar-refractivity contribution is 6.06. The first-order valence-electron chi connectivity index (χ1n) is 7.11. The van der Waals surface area contributed by atoms with Crippen LogP contribution in [0.4, 0.5) is 5.69 Å². The number of rotatable bonds is 3. The van der Waals surface area contributed by atoms with Crippen LogP contribution in [0, 0.1) is 6.92 Å². The Morgan fingerprint density at radius 1 is 0.957 bits per heavy atom. The number of nitrogens with one attached hydrogen (secondary N) is 1. The van der Waals surface area contributed by atoms with Crippen LogP contribution < -0.4 is 11.1 Å². The molecule has 3 rings (SSSR count). The minimum Gasteiger partial charge on any atom is -0.366 e. The predicted molar refractivity (Wildman–Crippen MR) is 89.4 cm³/mol. The Morgan fingerprint density at radius 2 is 1.65 bits per heavy atom. The summed E-state index contributed by atoms with van der Waals surface area (Å²) in [6.07, 6.45) is 0. The average molecular weight is 305 g/mol. The minimum absolute atomic E-state index is 0.223. The molecule has 3 aromatic rings. The van der Waals surface area contributed by atoms with E-state index in [4.69, 9.17) is 5.73 Å². The van der Waals surface area contributed by atoms with Gasteiger partial charge in [-0.3, -0.25) is 14.6 Å². The van der Waals surface area contributed by atoms with Gasteiger partial charge >= 0.3 is 0 Å². The Balaban J connectivity index is 1.82. The van der Waals surface area contributed by atoms with Crippen molar-refractivity contribution in [2.75, 3.05) is 5.32 Å². The Morgan fingerprint density at radius 3 is 2.35 bits per heavy atom. The third-order valence-electron chi connectivity index (χ3n) is 3.52. The van der Waals surface area contributed by atoms with E-state index in [2.05, 4.69) is 10.3 Å². The van der Waals surface area contributed by atoms with Crippen LogP contribution in [-0.4, -0.2) is 16.8 Å². The zero-order valence-corrected chi connectivity index (χ0v) is 12.5. The molecule has 3 N–H and O–H groups in total. The molecule has 2 aromatic carbocycles. The second-order valence-electron chi connectivity index (χ2n) is 5.26. The first-order chi connectivity index (χ1) is 11.0. The number of amides is 2. The Labute approximate surface area is 133 Å². The lowest BCUT2D eigenvalue weighted by molar-refractivity contribution is 0.0998. The fourth-order valence-corrected chi connectivity index (χ4v) is 2.29. The Bertz CT molecular complexity index is 902. The number of nitrogens with zero attached hydrogens (tertiary/aromatic N) is 1. The summed E-state index contributed by atoms with van der Waals surface area (Å²) in [5.41, 5.74) is 8.52. The molecule has 0 radical (unpaired) electrons. The molecule has 0 spiro atoms. The standard InChI is InChI=1S/C18H15N3O2/c1-11-2-3-13-10-14(6-9-16(13)20-11)18(23)21-15-7-4-12(5-8-15)17(19)22/h2-10H,1H3,(H2,19,22)(H,21,23). The fraction of sp³-hybridized carbons (Fsp3) is 0.0556. The van der Waals surface area contributed by atoms with Crippen LogP contribution in [0.25, 0.3) is 10.9 Å². The van der Waals surface area contributed by atoms with E-state index >= 15 is 0 Å². The number of anilines is 1. The smallest absolute Gasteiger partial charge is 0.255 e. The van der Waals surface area contributed by atoms with E-state index in [0.29, 0.717) is 16.8 Å². The van der Waals surface area contributed by atoms with Crippen molar-refractivity contribution < 1.29 is 9.59 Å². The molecule has 0 aliphatic heterocycles. The second kappa shape index (κ2) is 5.88. The lowest BCUT2D eigenvalue weighted by Crippen LogP contribution is -2.13. The summed E-state index contributed by atoms with van der Waals surface area (Å²) in [6.45, 7) is 1.93. The van der Waals surface area contributed by atoms with Gasteiger partial charge in [0, 0.05) is 27.9 Å². The normalized spacial score (nSPS) is 10.5. The number of hydrogen-bond acceptors (Lipinski definition) is 3. The third-order valence-corrected chi connectivity index (χ3v) is 3.52. The highest BCUT2D eigenvalue weighted by atomic mass is 16.2. The fourth-order valence-electron chi connectivity index (χ4n) is 2.29. The molecule has 23 heavy (non-hydrogen) atoms. The molecule has 2 amide bonds. The Hall–Kier alpha value is -3.21. The minimum atomic E-state index is -0.500. The van der Waals surface area contributed by atoms with Crippen LogP contribution >= 0.6 is 0 Å². The lowest BCUT2D eigenvalue weighted by Gasteiger charge is -2.07. The summed E-state index contributed by atoms with van der Waals surface area (Å²) in [5.74, 6) is -0.723. The van der Waals surface area contributed by atoms with E-state index < -0.39 is 5.91 Å². The summed E-state index contributed by atoms with van der Waals surface area (Å²) in [5, 5.41) is 3.70. The average Bonchev–Trinajstić information content (AvgIpc) is 2.54. The highest BCUT2D eigenvalue weighted by Crippen LogP contribution is 2.16. The summed E-state index contributed by atoms with van der Waals surface area (Å²) in [7, 11) is 0. The van der Waals surface area contributed by atoms with E-state index in [1.54, 1.807) is 36.4 Å². The van der Waals surface area contributed by atoms with Crippen molar-refractivity contribution in [1.29, 1.82) is 0 Å². The van der Waals surface area contributed by atoms with Crippen LogP contribution in [-0.2, 0) is 0 Å². The van der Waals surface area contributed by atoms with Crippen LogP contribution in [0.15, 0.2) is 54.6 Å². The summed E-state index contributed by atoms with van der Waals surface area (Å²) < 4.78 is 0. The van der Waals surface area contributed by atoms with Crippen molar-refractivity contribution in [3.8, 4) is 0 Å². The molecule has 0 aliphatic rings. The largest absolute Gasteiger partial charge is 0.366 e. The Kier molecular flexibility index (Phi) is 3.76. The van der Waals surface area contributed by atoms with E-state index in [9.17, 15) is 9.59 Å². The first kappa shape index (κ1) is 14.7. The number of aromatic nitrogens is 1. The van der Waals surface area contributed by atoms with Crippen molar-refractivity contribution in [1.82, 2.24) is 4.98 Å². The molecule has 0 saturated carbocycles. The van der Waals surface area contributed by atoms with Crippen molar-refractivity contribution in [2.24, 2.45) is 5.73 Å². The molecule has 0 bridgehead atoms. The van der Waals surface area contributed by atoms with Gasteiger partial charge in [-0.25, -0.2) is 0 Å². The molecule has 114 valence electrons. The van der Waals surface area contributed by atoms with Crippen LogP contribution in [0.2, 0.25) is 0 Å². The number of carbonyl (C=O) groups is 2. The topological polar surface area (TPSA) is 85.1 Å². The second-order valence-corrected chi connectivity index (χ2v) is 5.26. The molecule has 5 nitrogen and oxygen atoms in total. The zero-order chi connectivity index (χ0) is 16.4. The van der Waals surface area contributed by atoms with Crippen molar-refractivity contribution in [3.05, 3.63) is 71.4 Å². The number of fused-ring (bicyclic) bond motifs is 1. The molecule has 0 atom stereocenters. The van der Waals surface area contributed by atoms with Gasteiger partial charge in [-0.2, -0.15) is 0 Å². The molecular weight excluding hydrogens is 290 g/mol. The summed E-state index contributed by atoms with van der Waals surface area (Å²) in [6, 6.07) is 15.6. The maximum atomic E-state index is 12.3. The molecule has 0 saturated heterocycles. The van der Waals surface area contributed by atoms with Crippen LogP contribution in [0.3, 0.4) is 0 Å². The maximum absolute atomic E-state index is 12.3. The van der Waals surface area contributed by atoms with Crippen LogP contribution in [0.1, 0.15) is 26.4 Å².